The first-order chi connectivity index (χ1) is 8.78. The fraction of sp³-hybridized carbons (Fsp3) is 0.385. The smallest absolute Gasteiger partial charge is 0.129 e. The molecule has 0 saturated carbocycles. The molecule has 1 N–H and O–H groups in total. The van der Waals surface area contributed by atoms with Crippen molar-refractivity contribution in [1.29, 1.82) is 0 Å². The Morgan fingerprint density at radius 2 is 2.17 bits per heavy atom. The van der Waals surface area contributed by atoms with Crippen LogP contribution in [-0.4, -0.2) is 16.5 Å². The average Bonchev–Trinajstić information content (AvgIpc) is 2.76. The number of hydrogen-bond donors (Lipinski definition) is 1. The van der Waals surface area contributed by atoms with Gasteiger partial charge in [0.15, 0.2) is 0 Å². The molecule has 0 fully saturated rings. The normalized spacial score (nSPS) is 10.6. The van der Waals surface area contributed by atoms with E-state index < -0.39 is 0 Å². The van der Waals surface area contributed by atoms with Crippen LogP contribution in [0.3, 0.4) is 0 Å². The minimum absolute atomic E-state index is 0.898. The molecule has 0 unspecified atom stereocenters. The molecule has 0 atom stereocenters. The van der Waals surface area contributed by atoms with E-state index in [1.165, 1.54) is 8.66 Å². The van der Waals surface area contributed by atoms with Gasteiger partial charge in [0.2, 0.25) is 0 Å². The van der Waals surface area contributed by atoms with Crippen molar-refractivity contribution in [3.05, 3.63) is 38.9 Å². The molecule has 0 spiro atoms. The number of nitrogens with zero attached hydrogens (tertiary/aromatic N) is 2. The summed E-state index contributed by atoms with van der Waals surface area (Å²) in [4.78, 5) is 9.85. The lowest BCUT2D eigenvalue weighted by molar-refractivity contribution is 0.871. The third-order valence-corrected chi connectivity index (χ3v) is 4.22. The first kappa shape index (κ1) is 13.5. The first-order valence-electron chi connectivity index (χ1n) is 6.07. The lowest BCUT2D eigenvalue weighted by atomic mass is 10.2. The Morgan fingerprint density at radius 3 is 2.89 bits per heavy atom. The zero-order valence-electron chi connectivity index (χ0n) is 10.3. The summed E-state index contributed by atoms with van der Waals surface area (Å²) in [7, 11) is 0. The van der Waals surface area contributed by atoms with Crippen LogP contribution in [0.25, 0.3) is 0 Å². The SMILES string of the molecule is CCCc1cc(NCCc2ccc(Br)s2)ncn1. The molecule has 96 valence electrons. The van der Waals surface area contributed by atoms with E-state index in [0.717, 1.165) is 37.3 Å². The van der Waals surface area contributed by atoms with Gasteiger partial charge in [0.1, 0.15) is 12.1 Å². The summed E-state index contributed by atoms with van der Waals surface area (Å²) in [6.07, 6.45) is 4.77. The molecular weight excluding hydrogens is 310 g/mol. The van der Waals surface area contributed by atoms with Crippen molar-refractivity contribution in [3.8, 4) is 0 Å². The molecule has 0 amide bonds. The predicted octanol–water partition coefficient (Wildman–Crippen LogP) is 3.91. The summed E-state index contributed by atoms with van der Waals surface area (Å²) < 4.78 is 1.18. The fourth-order valence-electron chi connectivity index (χ4n) is 1.69. The van der Waals surface area contributed by atoms with Crippen molar-refractivity contribution in [3.63, 3.8) is 0 Å². The molecule has 0 aliphatic heterocycles. The lowest BCUT2D eigenvalue weighted by Crippen LogP contribution is -2.06. The molecule has 0 aliphatic carbocycles. The van der Waals surface area contributed by atoms with Gasteiger partial charge in [-0.2, -0.15) is 0 Å². The van der Waals surface area contributed by atoms with E-state index in [-0.39, 0.29) is 0 Å². The highest BCUT2D eigenvalue weighted by atomic mass is 79.9. The van der Waals surface area contributed by atoms with Gasteiger partial charge in [0, 0.05) is 23.2 Å². The van der Waals surface area contributed by atoms with Gasteiger partial charge in [-0.15, -0.1) is 11.3 Å². The summed E-state index contributed by atoms with van der Waals surface area (Å²) in [5.41, 5.74) is 1.11. The summed E-state index contributed by atoms with van der Waals surface area (Å²) in [6, 6.07) is 6.27. The number of rotatable bonds is 6. The minimum Gasteiger partial charge on any atom is -0.370 e. The maximum Gasteiger partial charge on any atom is 0.129 e. The fourth-order valence-corrected chi connectivity index (χ4v) is 3.17. The highest BCUT2D eigenvalue weighted by Gasteiger charge is 2.00. The van der Waals surface area contributed by atoms with Crippen molar-refractivity contribution in [1.82, 2.24) is 9.97 Å². The van der Waals surface area contributed by atoms with Gasteiger partial charge in [-0.1, -0.05) is 13.3 Å². The molecule has 2 aromatic rings. The van der Waals surface area contributed by atoms with Crippen LogP contribution in [0, 0.1) is 0 Å². The second-order valence-electron chi connectivity index (χ2n) is 4.03. The molecule has 0 aromatic carbocycles. The lowest BCUT2D eigenvalue weighted by Gasteiger charge is -2.05. The summed E-state index contributed by atoms with van der Waals surface area (Å²) >= 11 is 5.25. The van der Waals surface area contributed by atoms with Crippen LogP contribution in [-0.2, 0) is 12.8 Å². The molecule has 2 heterocycles. The van der Waals surface area contributed by atoms with Gasteiger partial charge in [-0.05, 0) is 40.9 Å². The molecule has 0 saturated heterocycles. The Hall–Kier alpha value is -0.940. The molecule has 0 aliphatic rings. The maximum atomic E-state index is 4.24. The Balaban J connectivity index is 1.84. The van der Waals surface area contributed by atoms with E-state index in [2.05, 4.69) is 50.3 Å². The van der Waals surface area contributed by atoms with Crippen LogP contribution in [0.5, 0.6) is 0 Å². The van der Waals surface area contributed by atoms with Crippen LogP contribution in [0.4, 0.5) is 5.82 Å². The van der Waals surface area contributed by atoms with E-state index in [9.17, 15) is 0 Å². The van der Waals surface area contributed by atoms with Gasteiger partial charge in [-0.3, -0.25) is 0 Å². The van der Waals surface area contributed by atoms with Gasteiger partial charge < -0.3 is 5.32 Å². The molecule has 2 aromatic heterocycles. The van der Waals surface area contributed by atoms with E-state index in [1.54, 1.807) is 17.7 Å². The molecule has 0 radical (unpaired) electrons. The van der Waals surface area contributed by atoms with Crippen molar-refractivity contribution in [2.24, 2.45) is 0 Å². The maximum absolute atomic E-state index is 4.24. The first-order valence-corrected chi connectivity index (χ1v) is 7.68. The monoisotopic (exact) mass is 325 g/mol. The molecule has 0 bridgehead atoms. The van der Waals surface area contributed by atoms with Gasteiger partial charge in [-0.25, -0.2) is 9.97 Å². The highest BCUT2D eigenvalue weighted by Crippen LogP contribution is 2.22. The number of aryl methyl sites for hydroxylation is 1. The second-order valence-corrected chi connectivity index (χ2v) is 6.57. The standard InChI is InChI=1S/C13H16BrN3S/c1-2-3-10-8-13(17-9-16-10)15-7-6-11-4-5-12(14)18-11/h4-5,8-9H,2-3,6-7H2,1H3,(H,15,16,17). The number of anilines is 1. The van der Waals surface area contributed by atoms with Crippen LogP contribution in [0.2, 0.25) is 0 Å². The number of aromatic nitrogens is 2. The van der Waals surface area contributed by atoms with Crippen molar-refractivity contribution in [2.75, 3.05) is 11.9 Å². The Morgan fingerprint density at radius 1 is 1.28 bits per heavy atom. The van der Waals surface area contributed by atoms with Crippen LogP contribution >= 0.6 is 27.3 Å². The van der Waals surface area contributed by atoms with Gasteiger partial charge in [0.05, 0.1) is 3.79 Å². The topological polar surface area (TPSA) is 37.8 Å². The van der Waals surface area contributed by atoms with Crippen molar-refractivity contribution < 1.29 is 0 Å². The Bertz CT molecular complexity index is 498. The third-order valence-electron chi connectivity index (χ3n) is 2.54. The summed E-state index contributed by atoms with van der Waals surface area (Å²) in [6.45, 7) is 3.05. The highest BCUT2D eigenvalue weighted by molar-refractivity contribution is 9.11. The largest absolute Gasteiger partial charge is 0.370 e. The number of halogens is 1. The Labute approximate surface area is 120 Å². The van der Waals surface area contributed by atoms with E-state index in [4.69, 9.17) is 0 Å². The van der Waals surface area contributed by atoms with Crippen LogP contribution < -0.4 is 5.32 Å². The van der Waals surface area contributed by atoms with E-state index >= 15 is 0 Å². The van der Waals surface area contributed by atoms with Gasteiger partial charge >= 0.3 is 0 Å². The molecule has 5 heteroatoms. The number of nitrogens with one attached hydrogen (secondary N) is 1. The van der Waals surface area contributed by atoms with Crippen molar-refractivity contribution >= 4 is 33.1 Å². The van der Waals surface area contributed by atoms with E-state index in [1.807, 2.05) is 6.07 Å². The van der Waals surface area contributed by atoms with Gasteiger partial charge in [0.25, 0.3) is 0 Å². The summed E-state index contributed by atoms with van der Waals surface area (Å²) in [5, 5.41) is 3.34. The zero-order valence-corrected chi connectivity index (χ0v) is 12.7. The molecule has 3 nitrogen and oxygen atoms in total. The zero-order chi connectivity index (χ0) is 12.8. The number of hydrogen-bond acceptors (Lipinski definition) is 4. The Kier molecular flexibility index (Phi) is 5.13. The second kappa shape index (κ2) is 6.85. The predicted molar refractivity (Wildman–Crippen MR) is 80.2 cm³/mol. The molecular formula is C13H16BrN3S. The molecule has 18 heavy (non-hydrogen) atoms. The van der Waals surface area contributed by atoms with Crippen LogP contribution in [0.1, 0.15) is 23.9 Å². The van der Waals surface area contributed by atoms with E-state index in [0.29, 0.717) is 0 Å². The van der Waals surface area contributed by atoms with Crippen molar-refractivity contribution in [2.45, 2.75) is 26.2 Å². The minimum atomic E-state index is 0.898. The number of thiophene rings is 1. The average molecular weight is 326 g/mol. The summed E-state index contributed by atoms with van der Waals surface area (Å²) in [5.74, 6) is 0.920. The molecule has 2 rings (SSSR count). The van der Waals surface area contributed by atoms with Crippen LogP contribution in [0.15, 0.2) is 28.3 Å². The quantitative estimate of drug-likeness (QED) is 0.875. The third kappa shape index (κ3) is 4.07.